The molecule has 4 atom stereocenters. The molecule has 1 aromatic carbocycles. The van der Waals surface area contributed by atoms with Crippen LogP contribution in [0, 0.1) is 11.8 Å². The second-order valence-electron chi connectivity index (χ2n) is 9.04. The van der Waals surface area contributed by atoms with Crippen LogP contribution in [0.2, 0.25) is 0 Å². The molecule has 4 heterocycles. The molecule has 0 aliphatic carbocycles. The Labute approximate surface area is 167 Å². The maximum atomic E-state index is 4.07. The second kappa shape index (κ2) is 7.91. The van der Waals surface area contributed by atoms with Gasteiger partial charge in [0.05, 0.1) is 0 Å². The lowest BCUT2D eigenvalue weighted by Crippen LogP contribution is -2.63. The van der Waals surface area contributed by atoms with Gasteiger partial charge in [-0.3, -0.25) is 9.80 Å². The highest BCUT2D eigenvalue weighted by molar-refractivity contribution is 5.54. The van der Waals surface area contributed by atoms with Gasteiger partial charge in [-0.25, -0.2) is 0 Å². The van der Waals surface area contributed by atoms with Crippen molar-refractivity contribution in [3.63, 3.8) is 0 Å². The molecule has 3 fully saturated rings. The van der Waals surface area contributed by atoms with Crippen molar-refractivity contribution in [1.82, 2.24) is 30.4 Å². The van der Waals surface area contributed by atoms with Crippen LogP contribution in [0.1, 0.15) is 51.0 Å². The number of nitrogens with zero attached hydrogens (tertiary/aromatic N) is 5. The summed E-state index contributed by atoms with van der Waals surface area (Å²) in [5.41, 5.74) is 2.41. The summed E-state index contributed by atoms with van der Waals surface area (Å²) in [7, 11) is 0. The maximum Gasteiger partial charge on any atom is 0.204 e. The summed E-state index contributed by atoms with van der Waals surface area (Å²) >= 11 is 0. The first kappa shape index (κ1) is 18.3. The third-order valence-corrected chi connectivity index (χ3v) is 7.25. The second-order valence-corrected chi connectivity index (χ2v) is 9.04. The van der Waals surface area contributed by atoms with E-state index in [1.54, 1.807) is 0 Å². The average molecular weight is 381 g/mol. The molecule has 0 radical (unpaired) electrons. The summed E-state index contributed by atoms with van der Waals surface area (Å²) in [5, 5.41) is 14.3. The van der Waals surface area contributed by atoms with Crippen molar-refractivity contribution in [2.24, 2.45) is 11.8 Å². The zero-order valence-electron chi connectivity index (χ0n) is 16.9. The molecule has 3 saturated heterocycles. The highest BCUT2D eigenvalue weighted by atomic mass is 15.5. The number of aromatic amines is 1. The fourth-order valence-electron chi connectivity index (χ4n) is 6.13. The van der Waals surface area contributed by atoms with Crippen LogP contribution in [0.5, 0.6) is 0 Å². The quantitative estimate of drug-likeness (QED) is 0.862. The largest absolute Gasteiger partial charge is 0.298 e. The lowest BCUT2D eigenvalue weighted by Gasteiger charge is -2.57. The number of piperidine rings is 3. The van der Waals surface area contributed by atoms with Crippen LogP contribution in [-0.4, -0.2) is 62.1 Å². The van der Waals surface area contributed by atoms with E-state index < -0.39 is 0 Å². The Balaban J connectivity index is 1.29. The Bertz CT molecular complexity index is 758. The Morgan fingerprint density at radius 3 is 2.75 bits per heavy atom. The van der Waals surface area contributed by atoms with Crippen molar-refractivity contribution in [2.45, 2.75) is 64.1 Å². The molecule has 3 aliphatic heterocycles. The van der Waals surface area contributed by atoms with Crippen LogP contribution < -0.4 is 0 Å². The van der Waals surface area contributed by atoms with Gasteiger partial charge in [-0.05, 0) is 54.8 Å². The van der Waals surface area contributed by atoms with Gasteiger partial charge >= 0.3 is 0 Å². The van der Waals surface area contributed by atoms with Gasteiger partial charge in [0.2, 0.25) is 5.82 Å². The molecule has 150 valence electrons. The van der Waals surface area contributed by atoms with E-state index in [0.29, 0.717) is 5.82 Å². The first-order valence-corrected chi connectivity index (χ1v) is 11.1. The highest BCUT2D eigenvalue weighted by Crippen LogP contribution is 2.42. The number of rotatable bonds is 5. The van der Waals surface area contributed by atoms with E-state index >= 15 is 0 Å². The Morgan fingerprint density at radius 1 is 1.11 bits per heavy atom. The molecule has 6 heteroatoms. The van der Waals surface area contributed by atoms with Gasteiger partial charge in [0.25, 0.3) is 0 Å². The monoisotopic (exact) mass is 380 g/mol. The van der Waals surface area contributed by atoms with E-state index in [1.165, 1.54) is 63.7 Å². The van der Waals surface area contributed by atoms with E-state index in [-0.39, 0.29) is 0 Å². The van der Waals surface area contributed by atoms with E-state index in [0.717, 1.165) is 36.0 Å². The third-order valence-electron chi connectivity index (χ3n) is 7.25. The molecule has 1 N–H and O–H groups in total. The minimum atomic E-state index is 0.666. The summed E-state index contributed by atoms with van der Waals surface area (Å²) in [6.07, 6.45) is 8.41. The molecule has 2 bridgehead atoms. The number of nitrogens with one attached hydrogen (secondary N) is 1. The number of H-pyrrole nitrogens is 1. The minimum absolute atomic E-state index is 0.666. The molecule has 2 aromatic rings. The fraction of sp³-hybridized carbons (Fsp3) is 0.682. The maximum absolute atomic E-state index is 4.07. The zero-order valence-corrected chi connectivity index (χ0v) is 16.9. The Kier molecular flexibility index (Phi) is 5.16. The molecule has 0 unspecified atom stereocenters. The molecule has 0 amide bonds. The molecule has 0 spiro atoms. The van der Waals surface area contributed by atoms with Crippen molar-refractivity contribution in [3.8, 4) is 11.4 Å². The normalized spacial score (nSPS) is 30.9. The van der Waals surface area contributed by atoms with Crippen LogP contribution >= 0.6 is 0 Å². The molecule has 6 nitrogen and oxygen atoms in total. The summed E-state index contributed by atoms with van der Waals surface area (Å²) < 4.78 is 0. The molecule has 1 aromatic heterocycles. The van der Waals surface area contributed by atoms with E-state index in [9.17, 15) is 0 Å². The van der Waals surface area contributed by atoms with Crippen molar-refractivity contribution < 1.29 is 0 Å². The van der Waals surface area contributed by atoms with Crippen LogP contribution in [0.15, 0.2) is 24.3 Å². The summed E-state index contributed by atoms with van der Waals surface area (Å²) in [4.78, 5) is 5.67. The lowest BCUT2D eigenvalue weighted by molar-refractivity contribution is -0.0757. The van der Waals surface area contributed by atoms with Crippen LogP contribution in [0.25, 0.3) is 11.4 Å². The molecule has 28 heavy (non-hydrogen) atoms. The molecule has 0 saturated carbocycles. The van der Waals surface area contributed by atoms with Gasteiger partial charge in [0.1, 0.15) is 0 Å². The number of tetrazole rings is 1. The van der Waals surface area contributed by atoms with Gasteiger partial charge < -0.3 is 0 Å². The third kappa shape index (κ3) is 3.48. The van der Waals surface area contributed by atoms with Gasteiger partial charge in [-0.15, -0.1) is 10.2 Å². The molecule has 5 rings (SSSR count). The average Bonchev–Trinajstić information content (AvgIpc) is 3.27. The van der Waals surface area contributed by atoms with Gasteiger partial charge in [0, 0.05) is 37.3 Å². The highest BCUT2D eigenvalue weighted by Gasteiger charge is 2.46. The number of benzene rings is 1. The number of hydrogen-bond donors (Lipinski definition) is 1. The van der Waals surface area contributed by atoms with E-state index in [4.69, 9.17) is 0 Å². The SMILES string of the molecule is CCC[C@H]1[C@H]2C[C@H](CN(Cc3ccc(-c4nn[nH]n4)cc3)C2)[C@@H]2CCCCN21. The number of fused-ring (bicyclic) bond motifs is 4. The van der Waals surface area contributed by atoms with Crippen molar-refractivity contribution in [2.75, 3.05) is 19.6 Å². The number of likely N-dealkylation sites (tertiary alicyclic amines) is 1. The molecule has 3 aliphatic rings. The van der Waals surface area contributed by atoms with Gasteiger partial charge in [-0.2, -0.15) is 5.21 Å². The Morgan fingerprint density at radius 2 is 1.96 bits per heavy atom. The summed E-state index contributed by atoms with van der Waals surface area (Å²) in [5.74, 6) is 2.39. The number of aromatic nitrogens is 4. The Hall–Kier alpha value is -1.79. The first-order chi connectivity index (χ1) is 13.8. The predicted molar refractivity (Wildman–Crippen MR) is 110 cm³/mol. The smallest absolute Gasteiger partial charge is 0.204 e. The summed E-state index contributed by atoms with van der Waals surface area (Å²) in [6.45, 7) is 7.29. The topological polar surface area (TPSA) is 60.9 Å². The lowest BCUT2D eigenvalue weighted by atomic mass is 9.71. The van der Waals surface area contributed by atoms with E-state index in [2.05, 4.69) is 61.6 Å². The van der Waals surface area contributed by atoms with Crippen LogP contribution in [-0.2, 0) is 6.54 Å². The standard InChI is InChI=1S/C22H32N6/c1-2-5-20-18-12-19(21-6-3-4-11-28(20)21)15-27(14-18)13-16-7-9-17(10-8-16)22-23-25-26-24-22/h7-10,18-21H,2-6,11-15H2,1H3,(H,23,24,25,26)/t18-,19+,20-,21-/m0/s1. The first-order valence-electron chi connectivity index (χ1n) is 11.1. The minimum Gasteiger partial charge on any atom is -0.298 e. The molecular formula is C22H32N6. The van der Waals surface area contributed by atoms with Crippen molar-refractivity contribution in [3.05, 3.63) is 29.8 Å². The number of hydrogen-bond acceptors (Lipinski definition) is 5. The van der Waals surface area contributed by atoms with Gasteiger partial charge in [-0.1, -0.05) is 44.0 Å². The zero-order chi connectivity index (χ0) is 18.9. The van der Waals surface area contributed by atoms with Crippen molar-refractivity contribution in [1.29, 1.82) is 0 Å². The van der Waals surface area contributed by atoms with Crippen LogP contribution in [0.3, 0.4) is 0 Å². The fourth-order valence-corrected chi connectivity index (χ4v) is 6.13. The molecular weight excluding hydrogens is 348 g/mol. The van der Waals surface area contributed by atoms with Crippen LogP contribution in [0.4, 0.5) is 0 Å². The predicted octanol–water partition coefficient (Wildman–Crippen LogP) is 3.34. The van der Waals surface area contributed by atoms with E-state index in [1.807, 2.05) is 0 Å². The van der Waals surface area contributed by atoms with Gasteiger partial charge in [0.15, 0.2) is 0 Å². The van der Waals surface area contributed by atoms with Crippen molar-refractivity contribution >= 4 is 0 Å². The summed E-state index contributed by atoms with van der Waals surface area (Å²) in [6, 6.07) is 10.3.